The average Bonchev–Trinajstić information content (AvgIpc) is 3.14. The minimum Gasteiger partial charge on any atom is -0.355 e. The molecule has 0 unspecified atom stereocenters. The van der Waals surface area contributed by atoms with Gasteiger partial charge in [-0.2, -0.15) is 0 Å². The summed E-state index contributed by atoms with van der Waals surface area (Å²) in [6.45, 7) is 3.69. The van der Waals surface area contributed by atoms with Gasteiger partial charge in [-0.05, 0) is 39.3 Å². The molecule has 4 nitrogen and oxygen atoms in total. The van der Waals surface area contributed by atoms with E-state index in [0.29, 0.717) is 0 Å². The Balaban J connectivity index is 0.00000144. The fourth-order valence-corrected chi connectivity index (χ4v) is 2.27. The third kappa shape index (κ3) is 5.74. The first kappa shape index (κ1) is 18.0. The molecule has 0 aromatic rings. The maximum absolute atomic E-state index is 11.8. The van der Waals surface area contributed by atoms with E-state index in [4.69, 9.17) is 0 Å². The topological polar surface area (TPSA) is 44.4 Å². The van der Waals surface area contributed by atoms with E-state index < -0.39 is 0 Å². The second kappa shape index (κ2) is 8.97. The van der Waals surface area contributed by atoms with Gasteiger partial charge in [0, 0.05) is 25.7 Å². The van der Waals surface area contributed by atoms with Crippen LogP contribution in [0.2, 0.25) is 0 Å². The third-order valence-corrected chi connectivity index (χ3v) is 3.60. The molecule has 0 radical (unpaired) electrons. The number of amides is 1. The van der Waals surface area contributed by atoms with Crippen LogP contribution in [0.4, 0.5) is 0 Å². The van der Waals surface area contributed by atoms with E-state index in [0.717, 1.165) is 45.1 Å². The zero-order valence-corrected chi connectivity index (χ0v) is 12.6. The molecule has 0 bridgehead atoms. The Morgan fingerprint density at radius 2 is 2.06 bits per heavy atom. The van der Waals surface area contributed by atoms with E-state index >= 15 is 0 Å². The molecule has 2 N–H and O–H groups in total. The first-order chi connectivity index (χ1) is 7.77. The number of rotatable bonds is 5. The zero-order valence-electron chi connectivity index (χ0n) is 11.0. The Bertz CT molecular complexity index is 243. The lowest BCUT2D eigenvalue weighted by atomic mass is 9.99. The highest BCUT2D eigenvalue weighted by Gasteiger charge is 2.26. The van der Waals surface area contributed by atoms with E-state index in [1.807, 2.05) is 0 Å². The number of halogens is 2. The predicted octanol–water partition coefficient (Wildman–Crippen LogP) is 1.04. The molecule has 108 valence electrons. The molecule has 1 saturated heterocycles. The maximum atomic E-state index is 11.8. The van der Waals surface area contributed by atoms with Crippen LogP contribution in [0.25, 0.3) is 0 Å². The van der Waals surface area contributed by atoms with E-state index in [-0.39, 0.29) is 36.6 Å². The molecule has 1 heterocycles. The van der Waals surface area contributed by atoms with Gasteiger partial charge in [0.1, 0.15) is 0 Å². The van der Waals surface area contributed by atoms with Crippen molar-refractivity contribution in [3.8, 4) is 0 Å². The summed E-state index contributed by atoms with van der Waals surface area (Å²) in [7, 11) is 2.14. The number of carbonyl (C=O) groups excluding carboxylic acids is 1. The number of hydrogen-bond acceptors (Lipinski definition) is 3. The highest BCUT2D eigenvalue weighted by atomic mass is 35.5. The van der Waals surface area contributed by atoms with E-state index in [1.54, 1.807) is 0 Å². The number of carbonyl (C=O) groups is 1. The highest BCUT2D eigenvalue weighted by molar-refractivity contribution is 5.85. The Morgan fingerprint density at radius 1 is 1.33 bits per heavy atom. The second-order valence-electron chi connectivity index (χ2n) is 5.05. The SMILES string of the molecule is CN(CCNC(=O)[C@@H]1CCCNC1)C1CC1.Cl.Cl. The summed E-state index contributed by atoms with van der Waals surface area (Å²) in [6, 6.07) is 0.785. The van der Waals surface area contributed by atoms with Crippen LogP contribution in [0, 0.1) is 5.92 Å². The lowest BCUT2D eigenvalue weighted by Gasteiger charge is -2.22. The standard InChI is InChI=1S/C12H23N3O.2ClH/c1-15(11-4-5-11)8-7-14-12(16)10-3-2-6-13-9-10;;/h10-11,13H,2-9H2,1H3,(H,14,16);2*1H/t10-;;/m1../s1. The molecule has 1 aliphatic carbocycles. The maximum Gasteiger partial charge on any atom is 0.224 e. The van der Waals surface area contributed by atoms with Gasteiger partial charge in [0.05, 0.1) is 5.92 Å². The third-order valence-electron chi connectivity index (χ3n) is 3.60. The first-order valence-corrected chi connectivity index (χ1v) is 6.46. The van der Waals surface area contributed by atoms with Crippen molar-refractivity contribution in [1.29, 1.82) is 0 Å². The van der Waals surface area contributed by atoms with Crippen LogP contribution in [0.1, 0.15) is 25.7 Å². The second-order valence-corrected chi connectivity index (χ2v) is 5.05. The summed E-state index contributed by atoms with van der Waals surface area (Å²) < 4.78 is 0. The van der Waals surface area contributed by atoms with Gasteiger partial charge in [-0.3, -0.25) is 4.79 Å². The summed E-state index contributed by atoms with van der Waals surface area (Å²) >= 11 is 0. The molecule has 0 aromatic heterocycles. The molecule has 1 saturated carbocycles. The van der Waals surface area contributed by atoms with Crippen molar-refractivity contribution in [1.82, 2.24) is 15.5 Å². The lowest BCUT2D eigenvalue weighted by Crippen LogP contribution is -2.42. The molecule has 2 aliphatic rings. The monoisotopic (exact) mass is 297 g/mol. The van der Waals surface area contributed by atoms with Gasteiger partial charge in [-0.25, -0.2) is 0 Å². The fraction of sp³-hybridized carbons (Fsp3) is 0.917. The molecular weight excluding hydrogens is 273 g/mol. The van der Waals surface area contributed by atoms with Crippen LogP contribution >= 0.6 is 24.8 Å². The van der Waals surface area contributed by atoms with Crippen LogP contribution in [0.3, 0.4) is 0 Å². The van der Waals surface area contributed by atoms with Crippen molar-refractivity contribution < 1.29 is 4.79 Å². The first-order valence-electron chi connectivity index (χ1n) is 6.46. The van der Waals surface area contributed by atoms with Crippen LogP contribution in [0.5, 0.6) is 0 Å². The van der Waals surface area contributed by atoms with Gasteiger partial charge in [0.15, 0.2) is 0 Å². The van der Waals surface area contributed by atoms with Crippen molar-refractivity contribution in [2.75, 3.05) is 33.2 Å². The van der Waals surface area contributed by atoms with Gasteiger partial charge in [0.25, 0.3) is 0 Å². The average molecular weight is 298 g/mol. The molecule has 0 spiro atoms. The van der Waals surface area contributed by atoms with E-state index in [2.05, 4.69) is 22.6 Å². The summed E-state index contributed by atoms with van der Waals surface area (Å²) in [5.41, 5.74) is 0. The van der Waals surface area contributed by atoms with Gasteiger partial charge in [-0.1, -0.05) is 0 Å². The Hall–Kier alpha value is -0.0300. The summed E-state index contributed by atoms with van der Waals surface area (Å²) in [5.74, 6) is 0.427. The normalized spacial score (nSPS) is 22.9. The van der Waals surface area contributed by atoms with Gasteiger partial charge >= 0.3 is 0 Å². The molecule has 1 aliphatic heterocycles. The fourth-order valence-electron chi connectivity index (χ4n) is 2.27. The Kier molecular flexibility index (Phi) is 8.95. The van der Waals surface area contributed by atoms with Gasteiger partial charge in [-0.15, -0.1) is 24.8 Å². The number of likely N-dealkylation sites (N-methyl/N-ethyl adjacent to an activating group) is 1. The summed E-state index contributed by atoms with van der Waals surface area (Å²) in [6.07, 6.45) is 4.82. The summed E-state index contributed by atoms with van der Waals surface area (Å²) in [4.78, 5) is 14.1. The van der Waals surface area contributed by atoms with Crippen LogP contribution in [-0.2, 0) is 4.79 Å². The van der Waals surface area contributed by atoms with Crippen LogP contribution in [0.15, 0.2) is 0 Å². The molecule has 2 rings (SSSR count). The molecule has 0 aromatic carbocycles. The van der Waals surface area contributed by atoms with Crippen molar-refractivity contribution >= 4 is 30.7 Å². The van der Waals surface area contributed by atoms with Crippen molar-refractivity contribution in [3.63, 3.8) is 0 Å². The number of nitrogens with one attached hydrogen (secondary N) is 2. The van der Waals surface area contributed by atoms with E-state index in [1.165, 1.54) is 12.8 Å². The quantitative estimate of drug-likeness (QED) is 0.797. The number of hydrogen-bond donors (Lipinski definition) is 2. The molecule has 2 fully saturated rings. The zero-order chi connectivity index (χ0) is 11.4. The molecule has 1 atom stereocenters. The largest absolute Gasteiger partial charge is 0.355 e. The molecule has 18 heavy (non-hydrogen) atoms. The lowest BCUT2D eigenvalue weighted by molar-refractivity contribution is -0.125. The van der Waals surface area contributed by atoms with Crippen molar-refractivity contribution in [2.45, 2.75) is 31.7 Å². The minimum atomic E-state index is 0. The number of nitrogens with zero attached hydrogens (tertiary/aromatic N) is 1. The predicted molar refractivity (Wildman–Crippen MR) is 78.8 cm³/mol. The molecule has 6 heteroatoms. The van der Waals surface area contributed by atoms with Crippen LogP contribution < -0.4 is 10.6 Å². The van der Waals surface area contributed by atoms with Crippen molar-refractivity contribution in [3.05, 3.63) is 0 Å². The van der Waals surface area contributed by atoms with E-state index in [9.17, 15) is 4.79 Å². The van der Waals surface area contributed by atoms with Gasteiger partial charge in [0.2, 0.25) is 5.91 Å². The molecule has 1 amide bonds. The Morgan fingerprint density at radius 3 is 2.61 bits per heavy atom. The minimum absolute atomic E-state index is 0. The van der Waals surface area contributed by atoms with Crippen molar-refractivity contribution in [2.24, 2.45) is 5.92 Å². The van der Waals surface area contributed by atoms with Gasteiger partial charge < -0.3 is 15.5 Å². The molecular formula is C12H25Cl2N3O. The van der Waals surface area contributed by atoms with Crippen LogP contribution in [-0.4, -0.2) is 50.1 Å². The Labute approximate surface area is 122 Å². The highest BCUT2D eigenvalue weighted by Crippen LogP contribution is 2.24. The smallest absolute Gasteiger partial charge is 0.224 e. The summed E-state index contributed by atoms with van der Waals surface area (Å²) in [5, 5.41) is 6.32. The number of piperidine rings is 1.